The summed E-state index contributed by atoms with van der Waals surface area (Å²) in [5.41, 5.74) is 6.16. The first-order valence-electron chi connectivity index (χ1n) is 9.10. The van der Waals surface area contributed by atoms with Crippen molar-refractivity contribution in [2.75, 3.05) is 11.9 Å². The summed E-state index contributed by atoms with van der Waals surface area (Å²) in [6, 6.07) is 6.58. The quantitative estimate of drug-likeness (QED) is 0.761. The molecular weight excluding hydrogens is 334 g/mol. The number of benzene rings is 1. The molecule has 0 fully saturated rings. The molecule has 2 N–H and O–H groups in total. The third-order valence-corrected chi connectivity index (χ3v) is 5.31. The highest BCUT2D eigenvalue weighted by Gasteiger charge is 2.25. The van der Waals surface area contributed by atoms with Crippen molar-refractivity contribution in [3.63, 3.8) is 0 Å². The smallest absolute Gasteiger partial charge is 0.224 e. The van der Waals surface area contributed by atoms with E-state index in [1.54, 1.807) is 0 Å². The average molecular weight is 360 g/mol. The van der Waals surface area contributed by atoms with E-state index in [4.69, 9.17) is 11.6 Å². The molecule has 0 radical (unpaired) electrons. The second-order valence-corrected chi connectivity index (χ2v) is 7.12. The number of anilines is 1. The molecule has 1 aromatic heterocycles. The number of halogens is 1. The van der Waals surface area contributed by atoms with E-state index in [0.717, 1.165) is 42.8 Å². The Morgan fingerprint density at radius 2 is 2.04 bits per heavy atom. The maximum atomic E-state index is 9.51. The van der Waals surface area contributed by atoms with Gasteiger partial charge in [-0.2, -0.15) is 0 Å². The number of aromatic nitrogens is 2. The molecule has 2 aromatic rings. The number of aliphatic hydroxyl groups excluding tert-OH is 1. The predicted octanol–water partition coefficient (Wildman–Crippen LogP) is 4.14. The Bertz CT molecular complexity index is 763. The first kappa shape index (κ1) is 18.2. The van der Waals surface area contributed by atoms with Crippen LogP contribution in [0.5, 0.6) is 0 Å². The standard InChI is InChI=1S/C20H26ClN3O/c1-4-15-18(5-2)23-20(21)24-19(15)22-12(3)16-8-6-7-14-9-13(11-25)10-17(14)16/h6-8,12-13,25H,4-5,9-11H2,1-3H3,(H,22,23,24). The molecule has 3 rings (SSSR count). The summed E-state index contributed by atoms with van der Waals surface area (Å²) in [6.07, 6.45) is 3.62. The lowest BCUT2D eigenvalue weighted by Gasteiger charge is -2.21. The Balaban J connectivity index is 1.91. The van der Waals surface area contributed by atoms with Crippen LogP contribution >= 0.6 is 11.6 Å². The monoisotopic (exact) mass is 359 g/mol. The van der Waals surface area contributed by atoms with Crippen LogP contribution < -0.4 is 5.32 Å². The van der Waals surface area contributed by atoms with Gasteiger partial charge in [0.05, 0.1) is 11.7 Å². The summed E-state index contributed by atoms with van der Waals surface area (Å²) in [4.78, 5) is 8.81. The third kappa shape index (κ3) is 3.65. The van der Waals surface area contributed by atoms with Crippen molar-refractivity contribution in [1.29, 1.82) is 0 Å². The molecular formula is C20H26ClN3O. The first-order chi connectivity index (χ1) is 12.1. The molecule has 1 aliphatic rings. The normalized spacial score (nSPS) is 17.4. The van der Waals surface area contributed by atoms with Crippen LogP contribution in [0.15, 0.2) is 18.2 Å². The van der Waals surface area contributed by atoms with Gasteiger partial charge in [0, 0.05) is 12.2 Å². The molecule has 1 aliphatic carbocycles. The van der Waals surface area contributed by atoms with Gasteiger partial charge in [0.15, 0.2) is 0 Å². The van der Waals surface area contributed by atoms with Gasteiger partial charge in [-0.3, -0.25) is 0 Å². The highest BCUT2D eigenvalue weighted by molar-refractivity contribution is 6.28. The van der Waals surface area contributed by atoms with Gasteiger partial charge in [0.25, 0.3) is 0 Å². The molecule has 2 unspecified atom stereocenters. The Morgan fingerprint density at radius 1 is 1.24 bits per heavy atom. The van der Waals surface area contributed by atoms with Crippen LogP contribution in [0.2, 0.25) is 5.28 Å². The fraction of sp³-hybridized carbons (Fsp3) is 0.500. The number of hydrogen-bond donors (Lipinski definition) is 2. The minimum Gasteiger partial charge on any atom is -0.396 e. The largest absolute Gasteiger partial charge is 0.396 e. The number of aryl methyl sites for hydroxylation is 1. The van der Waals surface area contributed by atoms with Crippen molar-refractivity contribution in [3.05, 3.63) is 51.4 Å². The van der Waals surface area contributed by atoms with Crippen molar-refractivity contribution in [2.24, 2.45) is 5.92 Å². The summed E-state index contributed by atoms with van der Waals surface area (Å²) in [6.45, 7) is 6.61. The zero-order chi connectivity index (χ0) is 18.0. The van der Waals surface area contributed by atoms with Gasteiger partial charge in [-0.25, -0.2) is 9.97 Å². The van der Waals surface area contributed by atoms with Gasteiger partial charge in [0.1, 0.15) is 5.82 Å². The minimum atomic E-state index is 0.119. The maximum absolute atomic E-state index is 9.51. The fourth-order valence-electron chi connectivity index (χ4n) is 3.87. The highest BCUT2D eigenvalue weighted by Crippen LogP contribution is 2.34. The van der Waals surface area contributed by atoms with Gasteiger partial charge in [0.2, 0.25) is 5.28 Å². The van der Waals surface area contributed by atoms with Gasteiger partial charge in [-0.15, -0.1) is 0 Å². The van der Waals surface area contributed by atoms with Crippen molar-refractivity contribution in [1.82, 2.24) is 9.97 Å². The predicted molar refractivity (Wildman–Crippen MR) is 102 cm³/mol. The Labute approximate surface area is 154 Å². The molecule has 1 aromatic carbocycles. The van der Waals surface area contributed by atoms with Crippen LogP contribution in [0, 0.1) is 5.92 Å². The van der Waals surface area contributed by atoms with Gasteiger partial charge >= 0.3 is 0 Å². The highest BCUT2D eigenvalue weighted by atomic mass is 35.5. The molecule has 4 nitrogen and oxygen atoms in total. The molecule has 1 heterocycles. The number of hydrogen-bond acceptors (Lipinski definition) is 4. The second-order valence-electron chi connectivity index (χ2n) is 6.78. The zero-order valence-electron chi connectivity index (χ0n) is 15.1. The maximum Gasteiger partial charge on any atom is 0.224 e. The zero-order valence-corrected chi connectivity index (χ0v) is 15.9. The van der Waals surface area contributed by atoms with E-state index in [-0.39, 0.29) is 12.6 Å². The van der Waals surface area contributed by atoms with Crippen molar-refractivity contribution in [2.45, 2.75) is 52.5 Å². The van der Waals surface area contributed by atoms with Gasteiger partial charge in [-0.05, 0) is 66.8 Å². The van der Waals surface area contributed by atoms with E-state index in [0.29, 0.717) is 11.2 Å². The Hall–Kier alpha value is -1.65. The van der Waals surface area contributed by atoms with Gasteiger partial charge < -0.3 is 10.4 Å². The molecule has 5 heteroatoms. The Kier molecular flexibility index (Phi) is 5.60. The summed E-state index contributed by atoms with van der Waals surface area (Å²) in [5.74, 6) is 1.18. The molecule has 0 aliphatic heterocycles. The fourth-order valence-corrected chi connectivity index (χ4v) is 4.05. The van der Waals surface area contributed by atoms with Crippen LogP contribution in [-0.4, -0.2) is 21.7 Å². The third-order valence-electron chi connectivity index (χ3n) is 5.14. The van der Waals surface area contributed by atoms with E-state index < -0.39 is 0 Å². The van der Waals surface area contributed by atoms with E-state index in [2.05, 4.69) is 54.3 Å². The molecule has 2 atom stereocenters. The molecule has 0 bridgehead atoms. The van der Waals surface area contributed by atoms with Crippen LogP contribution in [0.3, 0.4) is 0 Å². The second kappa shape index (κ2) is 7.71. The molecule has 0 spiro atoms. The molecule has 0 amide bonds. The van der Waals surface area contributed by atoms with Crippen LogP contribution in [0.4, 0.5) is 5.82 Å². The van der Waals surface area contributed by atoms with Crippen LogP contribution in [0.25, 0.3) is 0 Å². The van der Waals surface area contributed by atoms with Gasteiger partial charge in [-0.1, -0.05) is 32.0 Å². The first-order valence-corrected chi connectivity index (χ1v) is 9.48. The summed E-state index contributed by atoms with van der Waals surface area (Å²) in [5, 5.41) is 13.4. The number of fused-ring (bicyclic) bond motifs is 1. The summed E-state index contributed by atoms with van der Waals surface area (Å²) < 4.78 is 0. The molecule has 0 saturated carbocycles. The lowest BCUT2D eigenvalue weighted by atomic mass is 9.97. The van der Waals surface area contributed by atoms with E-state index in [9.17, 15) is 5.11 Å². The lowest BCUT2D eigenvalue weighted by Crippen LogP contribution is -2.14. The lowest BCUT2D eigenvalue weighted by molar-refractivity contribution is 0.232. The SMILES string of the molecule is CCc1nc(Cl)nc(NC(C)c2cccc3c2CC(CO)C3)c1CC. The topological polar surface area (TPSA) is 58.0 Å². The van der Waals surface area contributed by atoms with Crippen LogP contribution in [-0.2, 0) is 25.7 Å². The van der Waals surface area contributed by atoms with E-state index >= 15 is 0 Å². The summed E-state index contributed by atoms with van der Waals surface area (Å²) in [7, 11) is 0. The number of nitrogens with zero attached hydrogens (tertiary/aromatic N) is 2. The summed E-state index contributed by atoms with van der Waals surface area (Å²) >= 11 is 6.13. The van der Waals surface area contributed by atoms with E-state index in [1.807, 2.05) is 0 Å². The van der Waals surface area contributed by atoms with Crippen molar-refractivity contribution >= 4 is 17.4 Å². The number of rotatable bonds is 6. The van der Waals surface area contributed by atoms with Crippen molar-refractivity contribution < 1.29 is 5.11 Å². The number of aliphatic hydroxyl groups is 1. The van der Waals surface area contributed by atoms with E-state index in [1.165, 1.54) is 16.7 Å². The molecule has 134 valence electrons. The van der Waals surface area contributed by atoms with Crippen molar-refractivity contribution in [3.8, 4) is 0 Å². The average Bonchev–Trinajstić information content (AvgIpc) is 3.04. The molecule has 25 heavy (non-hydrogen) atoms. The number of nitrogens with one attached hydrogen (secondary N) is 1. The van der Waals surface area contributed by atoms with Crippen LogP contribution in [0.1, 0.15) is 54.8 Å². The minimum absolute atomic E-state index is 0.119. The molecule has 0 saturated heterocycles. The Morgan fingerprint density at radius 3 is 2.72 bits per heavy atom.